The summed E-state index contributed by atoms with van der Waals surface area (Å²) in [6, 6.07) is 17.3. The molecule has 1 aromatic heterocycles. The number of pyridine rings is 1. The van der Waals surface area contributed by atoms with Crippen molar-refractivity contribution in [1.29, 1.82) is 0 Å². The largest absolute Gasteiger partial charge is 0.530 e. The SMILES string of the molecule is C[C@@H]1CN(CC(=O)N2CC(C)(C)c3nc(O[Si](C)(C)C(C)(C)C)c(Cc4ccc(F)cc4)cc32)[C@@H](CN2CCC[C@H](NC(=O)OCc3ccccc3)C2)CN1C(=O)O. The maximum Gasteiger partial charge on any atom is 0.407 e. The monoisotopic (exact) mass is 816 g/mol. The average Bonchev–Trinajstić information content (AvgIpc) is 3.41. The second-order valence-electron chi connectivity index (χ2n) is 18.5. The Labute approximate surface area is 343 Å². The third-order valence-corrected chi connectivity index (χ3v) is 16.7. The number of anilines is 1. The molecule has 2 N–H and O–H groups in total. The fraction of sp³-hybridized carbons (Fsp3) is 0.545. The van der Waals surface area contributed by atoms with Gasteiger partial charge >= 0.3 is 12.2 Å². The molecule has 6 rings (SSSR count). The Morgan fingerprint density at radius 1 is 1.02 bits per heavy atom. The smallest absolute Gasteiger partial charge is 0.407 e. The molecule has 2 saturated heterocycles. The number of piperidine rings is 1. The van der Waals surface area contributed by atoms with Gasteiger partial charge < -0.3 is 29.4 Å². The van der Waals surface area contributed by atoms with Gasteiger partial charge in [-0.2, -0.15) is 0 Å². The molecule has 58 heavy (non-hydrogen) atoms. The van der Waals surface area contributed by atoms with Crippen molar-refractivity contribution in [3.05, 3.63) is 88.9 Å². The number of likely N-dealkylation sites (tertiary alicyclic amines) is 1. The van der Waals surface area contributed by atoms with Gasteiger partial charge in [-0.3, -0.25) is 14.6 Å². The van der Waals surface area contributed by atoms with E-state index in [1.54, 1.807) is 12.1 Å². The highest BCUT2D eigenvalue weighted by atomic mass is 28.4. The molecule has 3 aromatic rings. The van der Waals surface area contributed by atoms with Crippen molar-refractivity contribution in [3.63, 3.8) is 0 Å². The van der Waals surface area contributed by atoms with E-state index < -0.39 is 25.9 Å². The minimum Gasteiger partial charge on any atom is -0.530 e. The van der Waals surface area contributed by atoms with Crippen LogP contribution in [-0.4, -0.2) is 115 Å². The van der Waals surface area contributed by atoms with E-state index in [-0.39, 0.29) is 54.6 Å². The summed E-state index contributed by atoms with van der Waals surface area (Å²) >= 11 is 0. The normalized spacial score (nSPS) is 21.4. The molecule has 3 amide bonds. The van der Waals surface area contributed by atoms with Crippen LogP contribution >= 0.6 is 0 Å². The first kappa shape index (κ1) is 43.1. The summed E-state index contributed by atoms with van der Waals surface area (Å²) in [6.07, 6.45) is 0.692. The van der Waals surface area contributed by atoms with Gasteiger partial charge in [0.2, 0.25) is 11.8 Å². The zero-order chi connectivity index (χ0) is 42.0. The van der Waals surface area contributed by atoms with Gasteiger partial charge in [-0.05, 0) is 73.8 Å². The van der Waals surface area contributed by atoms with Crippen molar-refractivity contribution in [3.8, 4) is 5.88 Å². The number of nitrogens with one attached hydrogen (secondary N) is 1. The zero-order valence-electron chi connectivity index (χ0n) is 35.4. The van der Waals surface area contributed by atoms with Crippen LogP contribution in [0.25, 0.3) is 0 Å². The van der Waals surface area contributed by atoms with Crippen LogP contribution in [0.2, 0.25) is 18.1 Å². The molecule has 2 fully saturated rings. The van der Waals surface area contributed by atoms with E-state index in [9.17, 15) is 23.9 Å². The number of piperazine rings is 1. The number of carboxylic acid groups (broad SMARTS) is 1. The van der Waals surface area contributed by atoms with Crippen LogP contribution in [0, 0.1) is 5.82 Å². The molecule has 14 heteroatoms. The van der Waals surface area contributed by atoms with Crippen LogP contribution in [0.5, 0.6) is 5.88 Å². The predicted molar refractivity (Wildman–Crippen MR) is 225 cm³/mol. The Balaban J connectivity index is 1.21. The molecule has 2 aromatic carbocycles. The fourth-order valence-electron chi connectivity index (χ4n) is 8.01. The van der Waals surface area contributed by atoms with Gasteiger partial charge in [0.25, 0.3) is 8.32 Å². The van der Waals surface area contributed by atoms with E-state index >= 15 is 0 Å². The Kier molecular flexibility index (Phi) is 12.9. The predicted octanol–water partition coefficient (Wildman–Crippen LogP) is 7.26. The number of aromatic nitrogens is 1. The summed E-state index contributed by atoms with van der Waals surface area (Å²) in [4.78, 5) is 52.6. The topological polar surface area (TPSA) is 128 Å². The summed E-state index contributed by atoms with van der Waals surface area (Å²) in [6.45, 7) is 20.3. The van der Waals surface area contributed by atoms with Crippen LogP contribution in [0.15, 0.2) is 60.7 Å². The number of fused-ring (bicyclic) bond motifs is 1. The molecule has 0 radical (unpaired) electrons. The third kappa shape index (κ3) is 10.2. The maximum atomic E-state index is 14.6. The number of halogens is 1. The minimum absolute atomic E-state index is 0.0727. The van der Waals surface area contributed by atoms with Gasteiger partial charge in [0, 0.05) is 68.2 Å². The number of amides is 3. The molecule has 3 atom stereocenters. The highest BCUT2D eigenvalue weighted by Gasteiger charge is 2.45. The highest BCUT2D eigenvalue weighted by molar-refractivity contribution is 6.74. The lowest BCUT2D eigenvalue weighted by Crippen LogP contribution is -2.63. The molecular weight excluding hydrogens is 756 g/mol. The summed E-state index contributed by atoms with van der Waals surface area (Å²) in [5.41, 5.74) is 3.74. The van der Waals surface area contributed by atoms with Gasteiger partial charge in [0.05, 0.1) is 17.9 Å². The van der Waals surface area contributed by atoms with Gasteiger partial charge in [-0.15, -0.1) is 0 Å². The molecule has 12 nitrogen and oxygen atoms in total. The molecule has 0 unspecified atom stereocenters. The number of carbonyl (C=O) groups is 3. The number of nitrogens with zero attached hydrogens (tertiary/aromatic N) is 5. The molecule has 3 aliphatic heterocycles. The lowest BCUT2D eigenvalue weighted by molar-refractivity contribution is -0.121. The van der Waals surface area contributed by atoms with Crippen molar-refractivity contribution in [2.75, 3.05) is 50.7 Å². The Morgan fingerprint density at radius 3 is 2.40 bits per heavy atom. The van der Waals surface area contributed by atoms with E-state index in [0.29, 0.717) is 38.5 Å². The van der Waals surface area contributed by atoms with E-state index in [2.05, 4.69) is 62.8 Å². The number of ether oxygens (including phenoxy) is 1. The number of carbonyl (C=O) groups excluding carboxylic acids is 2. The third-order valence-electron chi connectivity index (χ3n) is 12.3. The molecule has 0 saturated carbocycles. The van der Waals surface area contributed by atoms with Crippen LogP contribution in [0.1, 0.15) is 76.8 Å². The molecule has 3 aliphatic rings. The highest BCUT2D eigenvalue weighted by Crippen LogP contribution is 2.44. The van der Waals surface area contributed by atoms with Crippen molar-refractivity contribution in [2.24, 2.45) is 0 Å². The second kappa shape index (κ2) is 17.4. The number of hydrogen-bond donors (Lipinski definition) is 2. The van der Waals surface area contributed by atoms with Crippen molar-refractivity contribution in [2.45, 2.75) is 109 Å². The molecular formula is C44H61FN6O6Si. The standard InChI is InChI=1S/C44H61FN6O6Si/c1-30-23-49(36(26-50(30)42(54)55)25-48-20-12-15-35(24-48)46-41(53)56-28-32-13-10-9-11-14-32)27-38(52)51-29-44(5,6)39-37(51)22-33(21-31-16-18-34(45)19-17-31)40(47-39)57-58(7,8)43(2,3)4/h9-11,13-14,16-19,22,30,35-36H,12,15,20-21,23-29H2,1-8H3,(H,46,53)(H,54,55)/t30-,35+,36+/m1/s1. The van der Waals surface area contributed by atoms with Gasteiger partial charge in [0.15, 0.2) is 0 Å². The van der Waals surface area contributed by atoms with Gasteiger partial charge in [0.1, 0.15) is 12.4 Å². The van der Waals surface area contributed by atoms with Crippen LogP contribution in [0.3, 0.4) is 0 Å². The minimum atomic E-state index is -2.31. The molecule has 4 heterocycles. The van der Waals surface area contributed by atoms with Crippen molar-refractivity contribution >= 4 is 32.1 Å². The van der Waals surface area contributed by atoms with Gasteiger partial charge in [-0.25, -0.2) is 19.0 Å². The lowest BCUT2D eigenvalue weighted by Gasteiger charge is -2.46. The Morgan fingerprint density at radius 2 is 1.72 bits per heavy atom. The summed E-state index contributed by atoms with van der Waals surface area (Å²) in [5, 5.41) is 13.1. The number of rotatable bonds is 11. The van der Waals surface area contributed by atoms with Crippen LogP contribution in [0.4, 0.5) is 19.7 Å². The lowest BCUT2D eigenvalue weighted by atomic mass is 9.91. The van der Waals surface area contributed by atoms with Crippen LogP contribution in [-0.2, 0) is 28.0 Å². The Bertz CT molecular complexity index is 1940. The first-order chi connectivity index (χ1) is 27.3. The Hall–Kier alpha value is -4.53. The van der Waals surface area contributed by atoms with Gasteiger partial charge in [-0.1, -0.05) is 77.1 Å². The maximum absolute atomic E-state index is 14.6. The first-order valence-corrected chi connectivity index (χ1v) is 23.4. The summed E-state index contributed by atoms with van der Waals surface area (Å²) in [5.74, 6) is 0.175. The van der Waals surface area contributed by atoms with E-state index in [0.717, 1.165) is 47.5 Å². The first-order valence-electron chi connectivity index (χ1n) is 20.5. The van der Waals surface area contributed by atoms with E-state index in [1.165, 1.54) is 17.0 Å². The van der Waals surface area contributed by atoms with E-state index in [4.69, 9.17) is 14.1 Å². The van der Waals surface area contributed by atoms with Crippen molar-refractivity contribution in [1.82, 2.24) is 25.0 Å². The summed E-state index contributed by atoms with van der Waals surface area (Å²) < 4.78 is 26.3. The summed E-state index contributed by atoms with van der Waals surface area (Å²) in [7, 11) is -2.31. The zero-order valence-corrected chi connectivity index (χ0v) is 36.4. The van der Waals surface area contributed by atoms with Crippen molar-refractivity contribution < 1.29 is 33.0 Å². The molecule has 314 valence electrons. The second-order valence-corrected chi connectivity index (χ2v) is 23.2. The fourth-order valence-corrected chi connectivity index (χ4v) is 8.98. The molecule has 0 bridgehead atoms. The number of alkyl carbamates (subject to hydrolysis) is 1. The quantitative estimate of drug-likeness (QED) is 0.192. The van der Waals surface area contributed by atoms with E-state index in [1.807, 2.05) is 48.2 Å². The number of hydrogen-bond acceptors (Lipinski definition) is 8. The molecule has 0 spiro atoms. The average molecular weight is 817 g/mol. The number of benzene rings is 2. The van der Waals surface area contributed by atoms with Crippen LogP contribution < -0.4 is 14.6 Å². The molecule has 0 aliphatic carbocycles.